The minimum atomic E-state index is -0.634. The first kappa shape index (κ1) is 22.7. The maximum absolute atomic E-state index is 13.6. The Bertz CT molecular complexity index is 1280. The van der Waals surface area contributed by atoms with Crippen molar-refractivity contribution in [1.29, 1.82) is 0 Å². The molecule has 0 atom stereocenters. The maximum atomic E-state index is 13.6. The first-order valence-corrected chi connectivity index (χ1v) is 11.8. The average Bonchev–Trinajstić information content (AvgIpc) is 3.34. The van der Waals surface area contributed by atoms with Gasteiger partial charge in [0.2, 0.25) is 5.95 Å². The fourth-order valence-corrected chi connectivity index (χ4v) is 4.47. The summed E-state index contributed by atoms with van der Waals surface area (Å²) in [6.07, 6.45) is 8.50. The quantitative estimate of drug-likeness (QED) is 0.352. The van der Waals surface area contributed by atoms with Crippen LogP contribution in [0.1, 0.15) is 43.7 Å². The van der Waals surface area contributed by atoms with E-state index in [0.717, 1.165) is 42.5 Å². The number of benzene rings is 2. The molecular formula is C27H26FN5O2. The van der Waals surface area contributed by atoms with Gasteiger partial charge in [0.1, 0.15) is 12.4 Å². The zero-order chi connectivity index (χ0) is 24.0. The highest BCUT2D eigenvalue weighted by molar-refractivity contribution is 5.83. The Morgan fingerprint density at radius 3 is 2.54 bits per heavy atom. The number of carbonyl (C=O) groups is 1. The Balaban J connectivity index is 1.43. The van der Waals surface area contributed by atoms with E-state index in [0.29, 0.717) is 17.4 Å². The van der Waals surface area contributed by atoms with Gasteiger partial charge in [0.05, 0.1) is 23.4 Å². The van der Waals surface area contributed by atoms with E-state index in [1.54, 1.807) is 24.4 Å². The standard InChI is InChI=1S/C27H26FN5O2/c28-21-13-11-20(12-14-21)24-25(33(18-30-24)22-9-5-2-6-10-22)23-15-16-29-26(31-23)32-27(34)35-17-19-7-3-1-4-8-19/h1,3-4,7-8,11-16,18,22H,2,5-6,9-10,17H2,(H,29,31,32,34). The van der Waals surface area contributed by atoms with Gasteiger partial charge in [-0.3, -0.25) is 5.32 Å². The van der Waals surface area contributed by atoms with Crippen molar-refractivity contribution in [2.45, 2.75) is 44.8 Å². The first-order chi connectivity index (χ1) is 17.2. The van der Waals surface area contributed by atoms with E-state index in [-0.39, 0.29) is 18.4 Å². The topological polar surface area (TPSA) is 81.9 Å². The van der Waals surface area contributed by atoms with E-state index in [1.165, 1.54) is 18.6 Å². The van der Waals surface area contributed by atoms with E-state index in [9.17, 15) is 9.18 Å². The number of rotatable bonds is 6. The monoisotopic (exact) mass is 471 g/mol. The SMILES string of the molecule is O=C(Nc1nccc(-c2c(-c3ccc(F)cc3)ncn2C2CCCCC2)n1)OCc1ccccc1. The Kier molecular flexibility index (Phi) is 6.79. The summed E-state index contributed by atoms with van der Waals surface area (Å²) in [6.45, 7) is 0.148. The third-order valence-electron chi connectivity index (χ3n) is 6.20. The normalized spacial score (nSPS) is 14.0. The van der Waals surface area contributed by atoms with E-state index in [1.807, 2.05) is 36.7 Å². The molecule has 4 aromatic rings. The van der Waals surface area contributed by atoms with Crippen LogP contribution in [0.15, 0.2) is 73.2 Å². The minimum Gasteiger partial charge on any atom is -0.444 e. The number of halogens is 1. The molecule has 0 spiro atoms. The number of anilines is 1. The fourth-order valence-electron chi connectivity index (χ4n) is 4.47. The second-order valence-corrected chi connectivity index (χ2v) is 8.60. The predicted octanol–water partition coefficient (Wildman–Crippen LogP) is 6.40. The van der Waals surface area contributed by atoms with E-state index in [4.69, 9.17) is 4.74 Å². The smallest absolute Gasteiger partial charge is 0.414 e. The molecule has 0 unspecified atom stereocenters. The molecule has 5 rings (SSSR count). The minimum absolute atomic E-state index is 0.141. The summed E-state index contributed by atoms with van der Waals surface area (Å²) in [5, 5.41) is 2.62. The number of ether oxygens (including phenoxy) is 1. The summed E-state index contributed by atoms with van der Waals surface area (Å²) < 4.78 is 21.0. The van der Waals surface area contributed by atoms with Gasteiger partial charge < -0.3 is 9.30 Å². The van der Waals surface area contributed by atoms with Gasteiger partial charge in [-0.05, 0) is 48.7 Å². The van der Waals surface area contributed by atoms with Gasteiger partial charge in [0, 0.05) is 17.8 Å². The van der Waals surface area contributed by atoms with Crippen molar-refractivity contribution in [2.24, 2.45) is 0 Å². The van der Waals surface area contributed by atoms with Gasteiger partial charge in [0.15, 0.2) is 0 Å². The highest BCUT2D eigenvalue weighted by atomic mass is 19.1. The molecule has 0 aliphatic heterocycles. The lowest BCUT2D eigenvalue weighted by Gasteiger charge is -2.25. The van der Waals surface area contributed by atoms with Crippen LogP contribution in [0.3, 0.4) is 0 Å². The second kappa shape index (κ2) is 10.5. The summed E-state index contributed by atoms with van der Waals surface area (Å²) in [4.78, 5) is 25.9. The molecule has 0 radical (unpaired) electrons. The van der Waals surface area contributed by atoms with Crippen LogP contribution in [0.2, 0.25) is 0 Å². The number of hydrogen-bond donors (Lipinski definition) is 1. The largest absolute Gasteiger partial charge is 0.444 e. The van der Waals surface area contributed by atoms with Crippen LogP contribution in [-0.4, -0.2) is 25.6 Å². The lowest BCUT2D eigenvalue weighted by atomic mass is 9.95. The first-order valence-electron chi connectivity index (χ1n) is 11.8. The highest BCUT2D eigenvalue weighted by Crippen LogP contribution is 2.37. The number of nitrogens with zero attached hydrogens (tertiary/aromatic N) is 4. The number of nitrogens with one attached hydrogen (secondary N) is 1. The molecule has 0 saturated heterocycles. The van der Waals surface area contributed by atoms with E-state index in [2.05, 4.69) is 24.8 Å². The zero-order valence-electron chi connectivity index (χ0n) is 19.2. The van der Waals surface area contributed by atoms with Gasteiger partial charge in [-0.1, -0.05) is 49.6 Å². The zero-order valence-corrected chi connectivity index (χ0v) is 19.2. The molecule has 178 valence electrons. The van der Waals surface area contributed by atoms with Crippen LogP contribution in [0, 0.1) is 5.82 Å². The van der Waals surface area contributed by atoms with Crippen molar-refractivity contribution < 1.29 is 13.9 Å². The molecule has 35 heavy (non-hydrogen) atoms. The summed E-state index contributed by atoms with van der Waals surface area (Å²) >= 11 is 0. The van der Waals surface area contributed by atoms with Crippen LogP contribution < -0.4 is 5.32 Å². The summed E-state index contributed by atoms with van der Waals surface area (Å²) in [7, 11) is 0. The van der Waals surface area contributed by atoms with Crippen LogP contribution in [-0.2, 0) is 11.3 Å². The lowest BCUT2D eigenvalue weighted by Crippen LogP contribution is -2.16. The average molecular weight is 472 g/mol. The van der Waals surface area contributed by atoms with Crippen molar-refractivity contribution >= 4 is 12.0 Å². The van der Waals surface area contributed by atoms with Crippen LogP contribution in [0.4, 0.5) is 15.1 Å². The molecule has 1 aliphatic rings. The molecule has 1 aliphatic carbocycles. The summed E-state index contributed by atoms with van der Waals surface area (Å²) in [6, 6.07) is 17.8. The molecular weight excluding hydrogens is 445 g/mol. The van der Waals surface area contributed by atoms with Gasteiger partial charge in [0.25, 0.3) is 0 Å². The predicted molar refractivity (Wildman–Crippen MR) is 131 cm³/mol. The molecule has 2 aromatic carbocycles. The van der Waals surface area contributed by atoms with Crippen molar-refractivity contribution in [3.05, 3.63) is 84.6 Å². The maximum Gasteiger partial charge on any atom is 0.414 e. The molecule has 1 saturated carbocycles. The van der Waals surface area contributed by atoms with Crippen LogP contribution in [0.25, 0.3) is 22.6 Å². The number of aromatic nitrogens is 4. The fraction of sp³-hybridized carbons (Fsp3) is 0.259. The van der Waals surface area contributed by atoms with Gasteiger partial charge in [-0.15, -0.1) is 0 Å². The summed E-state index contributed by atoms with van der Waals surface area (Å²) in [5.74, 6) is -0.161. The Labute approximate surface area is 203 Å². The molecule has 1 fully saturated rings. The molecule has 7 nitrogen and oxygen atoms in total. The molecule has 8 heteroatoms. The Morgan fingerprint density at radius 1 is 1.00 bits per heavy atom. The lowest BCUT2D eigenvalue weighted by molar-refractivity contribution is 0.155. The summed E-state index contributed by atoms with van der Waals surface area (Å²) in [5.41, 5.74) is 3.85. The Hall–Kier alpha value is -4.07. The van der Waals surface area contributed by atoms with Crippen LogP contribution in [0.5, 0.6) is 0 Å². The molecule has 2 aromatic heterocycles. The third-order valence-corrected chi connectivity index (χ3v) is 6.20. The molecule has 2 heterocycles. The van der Waals surface area contributed by atoms with Gasteiger partial charge >= 0.3 is 6.09 Å². The second-order valence-electron chi connectivity index (χ2n) is 8.60. The number of carbonyl (C=O) groups excluding carboxylic acids is 1. The van der Waals surface area contributed by atoms with E-state index < -0.39 is 6.09 Å². The van der Waals surface area contributed by atoms with Crippen molar-refractivity contribution in [1.82, 2.24) is 19.5 Å². The molecule has 0 bridgehead atoms. The van der Waals surface area contributed by atoms with Gasteiger partial charge in [-0.2, -0.15) is 0 Å². The van der Waals surface area contributed by atoms with Crippen molar-refractivity contribution in [2.75, 3.05) is 5.32 Å². The number of imidazole rings is 1. The Morgan fingerprint density at radius 2 is 1.77 bits per heavy atom. The van der Waals surface area contributed by atoms with Crippen LogP contribution >= 0.6 is 0 Å². The third kappa shape index (κ3) is 5.37. The molecule has 1 N–H and O–H groups in total. The van der Waals surface area contributed by atoms with E-state index >= 15 is 0 Å². The molecule has 1 amide bonds. The van der Waals surface area contributed by atoms with Crippen molar-refractivity contribution in [3.8, 4) is 22.6 Å². The number of amides is 1. The highest BCUT2D eigenvalue weighted by Gasteiger charge is 2.23. The number of hydrogen-bond acceptors (Lipinski definition) is 5. The van der Waals surface area contributed by atoms with Gasteiger partial charge in [-0.25, -0.2) is 24.1 Å². The van der Waals surface area contributed by atoms with Crippen molar-refractivity contribution in [3.63, 3.8) is 0 Å².